The van der Waals surface area contributed by atoms with Crippen LogP contribution in [0.3, 0.4) is 0 Å². The van der Waals surface area contributed by atoms with Crippen molar-refractivity contribution in [1.29, 1.82) is 0 Å². The Morgan fingerprint density at radius 1 is 1.12 bits per heavy atom. The molecule has 6 heteroatoms. The van der Waals surface area contributed by atoms with Gasteiger partial charge in [0.05, 0.1) is 4.90 Å². The molecule has 1 aliphatic rings. The van der Waals surface area contributed by atoms with Gasteiger partial charge < -0.3 is 5.32 Å². The first-order chi connectivity index (χ1) is 11.4. The Kier molecular flexibility index (Phi) is 4.57. The van der Waals surface area contributed by atoms with E-state index in [-0.39, 0.29) is 10.8 Å². The standard InChI is InChI=1S/C18H20N2O3S/c1-13-5-9-16(10-6-13)20-24(22,23)17-4-2-3-15(11-17)18(21)19-12-14-7-8-14/h2-6,9-11,14,20H,7-8,12H2,1H3,(H,19,21). The highest BCUT2D eigenvalue weighted by Crippen LogP contribution is 2.27. The number of rotatable bonds is 6. The van der Waals surface area contributed by atoms with Crippen molar-refractivity contribution < 1.29 is 13.2 Å². The molecule has 2 aromatic carbocycles. The highest BCUT2D eigenvalue weighted by Gasteiger charge is 2.22. The van der Waals surface area contributed by atoms with E-state index in [1.165, 1.54) is 12.1 Å². The van der Waals surface area contributed by atoms with Crippen LogP contribution in [0.15, 0.2) is 53.4 Å². The molecule has 0 aromatic heterocycles. The third-order valence-corrected chi connectivity index (χ3v) is 5.34. The van der Waals surface area contributed by atoms with Gasteiger partial charge in [-0.3, -0.25) is 9.52 Å². The fraction of sp³-hybridized carbons (Fsp3) is 0.278. The number of hydrogen-bond acceptors (Lipinski definition) is 3. The van der Waals surface area contributed by atoms with Crippen LogP contribution in [0.4, 0.5) is 5.69 Å². The summed E-state index contributed by atoms with van der Waals surface area (Å²) in [7, 11) is -3.73. The van der Waals surface area contributed by atoms with E-state index in [0.717, 1.165) is 18.4 Å². The van der Waals surface area contributed by atoms with Crippen molar-refractivity contribution in [2.45, 2.75) is 24.7 Å². The maximum Gasteiger partial charge on any atom is 0.261 e. The lowest BCUT2D eigenvalue weighted by atomic mass is 10.2. The van der Waals surface area contributed by atoms with E-state index in [9.17, 15) is 13.2 Å². The van der Waals surface area contributed by atoms with Crippen LogP contribution in [-0.2, 0) is 10.0 Å². The van der Waals surface area contributed by atoms with E-state index in [4.69, 9.17) is 0 Å². The molecule has 0 radical (unpaired) electrons. The minimum atomic E-state index is -3.73. The fourth-order valence-corrected chi connectivity index (χ4v) is 3.41. The number of aryl methyl sites for hydroxylation is 1. The minimum Gasteiger partial charge on any atom is -0.352 e. The smallest absolute Gasteiger partial charge is 0.261 e. The summed E-state index contributed by atoms with van der Waals surface area (Å²) in [5.41, 5.74) is 1.89. The molecule has 126 valence electrons. The Morgan fingerprint density at radius 2 is 1.83 bits per heavy atom. The van der Waals surface area contributed by atoms with Crippen LogP contribution in [0.1, 0.15) is 28.8 Å². The van der Waals surface area contributed by atoms with Crippen LogP contribution in [0.2, 0.25) is 0 Å². The molecule has 0 heterocycles. The zero-order valence-corrected chi connectivity index (χ0v) is 14.3. The average Bonchev–Trinajstić information content (AvgIpc) is 3.39. The number of carbonyl (C=O) groups is 1. The summed E-state index contributed by atoms with van der Waals surface area (Å²) < 4.78 is 27.5. The second-order valence-corrected chi connectivity index (χ2v) is 7.84. The first kappa shape index (κ1) is 16.5. The number of carbonyl (C=O) groups excluding carboxylic acids is 1. The van der Waals surface area contributed by atoms with Gasteiger partial charge in [0.15, 0.2) is 0 Å². The summed E-state index contributed by atoms with van der Waals surface area (Å²) in [5.74, 6) is 0.332. The predicted molar refractivity (Wildman–Crippen MR) is 93.5 cm³/mol. The Bertz CT molecular complexity index is 841. The monoisotopic (exact) mass is 344 g/mol. The van der Waals surface area contributed by atoms with E-state index in [2.05, 4.69) is 10.0 Å². The molecule has 0 saturated heterocycles. The van der Waals surface area contributed by atoms with Gasteiger partial charge in [0.1, 0.15) is 0 Å². The number of amides is 1. The number of nitrogens with one attached hydrogen (secondary N) is 2. The van der Waals surface area contributed by atoms with Crippen molar-refractivity contribution in [3.05, 3.63) is 59.7 Å². The molecule has 2 N–H and O–H groups in total. The van der Waals surface area contributed by atoms with Gasteiger partial charge >= 0.3 is 0 Å². The molecule has 1 amide bonds. The van der Waals surface area contributed by atoms with Crippen molar-refractivity contribution in [3.8, 4) is 0 Å². The largest absolute Gasteiger partial charge is 0.352 e. The lowest BCUT2D eigenvalue weighted by molar-refractivity contribution is 0.0951. The molecule has 0 spiro atoms. The van der Waals surface area contributed by atoms with Gasteiger partial charge in [-0.2, -0.15) is 0 Å². The van der Waals surface area contributed by atoms with Crippen molar-refractivity contribution in [3.63, 3.8) is 0 Å². The van der Waals surface area contributed by atoms with Gasteiger partial charge in [-0.1, -0.05) is 23.8 Å². The first-order valence-electron chi connectivity index (χ1n) is 7.92. The fourth-order valence-electron chi connectivity index (χ4n) is 2.30. The number of sulfonamides is 1. The van der Waals surface area contributed by atoms with Gasteiger partial charge in [-0.25, -0.2) is 8.42 Å². The second kappa shape index (κ2) is 6.65. The summed E-state index contributed by atoms with van der Waals surface area (Å²) in [6.07, 6.45) is 2.30. The average molecular weight is 344 g/mol. The molecule has 1 aliphatic carbocycles. The molecule has 0 bridgehead atoms. The Balaban J connectivity index is 1.75. The third-order valence-electron chi connectivity index (χ3n) is 3.96. The van der Waals surface area contributed by atoms with Gasteiger partial charge in [0.2, 0.25) is 0 Å². The van der Waals surface area contributed by atoms with Crippen LogP contribution >= 0.6 is 0 Å². The Labute approximate surface area is 142 Å². The molecule has 1 fully saturated rings. The predicted octanol–water partition coefficient (Wildman–Crippen LogP) is 2.94. The van der Waals surface area contributed by atoms with Crippen LogP contribution in [-0.4, -0.2) is 20.9 Å². The zero-order valence-electron chi connectivity index (χ0n) is 13.5. The molecule has 1 saturated carbocycles. The minimum absolute atomic E-state index is 0.0714. The van der Waals surface area contributed by atoms with Crippen LogP contribution in [0.5, 0.6) is 0 Å². The van der Waals surface area contributed by atoms with Gasteiger partial charge in [-0.15, -0.1) is 0 Å². The van der Waals surface area contributed by atoms with Crippen molar-refractivity contribution in [1.82, 2.24) is 5.32 Å². The molecule has 2 aromatic rings. The number of benzene rings is 2. The van der Waals surface area contributed by atoms with E-state index in [1.807, 2.05) is 19.1 Å². The number of hydrogen-bond donors (Lipinski definition) is 2. The van der Waals surface area contributed by atoms with Gasteiger partial charge in [0.25, 0.3) is 15.9 Å². The molecule has 0 unspecified atom stereocenters. The number of anilines is 1. The summed E-state index contributed by atoms with van der Waals surface area (Å²) in [5, 5.41) is 2.84. The quantitative estimate of drug-likeness (QED) is 0.846. The summed E-state index contributed by atoms with van der Waals surface area (Å²) in [6, 6.07) is 13.2. The van der Waals surface area contributed by atoms with Crippen LogP contribution in [0.25, 0.3) is 0 Å². The molecule has 5 nitrogen and oxygen atoms in total. The second-order valence-electron chi connectivity index (χ2n) is 6.15. The first-order valence-corrected chi connectivity index (χ1v) is 9.40. The summed E-state index contributed by atoms with van der Waals surface area (Å²) in [4.78, 5) is 12.2. The van der Waals surface area contributed by atoms with E-state index in [1.54, 1.807) is 24.3 Å². The van der Waals surface area contributed by atoms with Gasteiger partial charge in [0, 0.05) is 17.8 Å². The zero-order chi connectivity index (χ0) is 17.2. The third kappa shape index (κ3) is 4.14. The van der Waals surface area contributed by atoms with Crippen molar-refractivity contribution >= 4 is 21.6 Å². The van der Waals surface area contributed by atoms with Crippen LogP contribution < -0.4 is 10.0 Å². The van der Waals surface area contributed by atoms with Crippen molar-refractivity contribution in [2.75, 3.05) is 11.3 Å². The van der Waals surface area contributed by atoms with Crippen molar-refractivity contribution in [2.24, 2.45) is 5.92 Å². The Hall–Kier alpha value is -2.34. The van der Waals surface area contributed by atoms with Crippen LogP contribution in [0, 0.1) is 12.8 Å². The topological polar surface area (TPSA) is 75.3 Å². The lowest BCUT2D eigenvalue weighted by Crippen LogP contribution is -2.25. The van der Waals surface area contributed by atoms with Gasteiger partial charge in [-0.05, 0) is 56.0 Å². The maximum absolute atomic E-state index is 12.5. The maximum atomic E-state index is 12.5. The SMILES string of the molecule is Cc1ccc(NS(=O)(=O)c2cccc(C(=O)NCC3CC3)c2)cc1. The molecule has 24 heavy (non-hydrogen) atoms. The molecule has 0 aliphatic heterocycles. The molecular formula is C18H20N2O3S. The van der Waals surface area contributed by atoms with E-state index in [0.29, 0.717) is 23.7 Å². The summed E-state index contributed by atoms with van der Waals surface area (Å²) >= 11 is 0. The lowest BCUT2D eigenvalue weighted by Gasteiger charge is -2.10. The van der Waals surface area contributed by atoms with E-state index >= 15 is 0 Å². The normalized spacial score (nSPS) is 14.2. The molecule has 0 atom stereocenters. The highest BCUT2D eigenvalue weighted by atomic mass is 32.2. The molecular weight excluding hydrogens is 324 g/mol. The molecule has 3 rings (SSSR count). The summed E-state index contributed by atoms with van der Waals surface area (Å²) in [6.45, 7) is 2.58. The highest BCUT2D eigenvalue weighted by molar-refractivity contribution is 7.92. The van der Waals surface area contributed by atoms with E-state index < -0.39 is 10.0 Å². The Morgan fingerprint density at radius 3 is 2.50 bits per heavy atom.